The van der Waals surface area contributed by atoms with Crippen LogP contribution in [-0.2, 0) is 0 Å². The van der Waals surface area contributed by atoms with Crippen molar-refractivity contribution < 1.29 is 0 Å². The SMILES string of the molecule is CCC(CC)CC(N)C1CN2CCN1CC2. The lowest BCUT2D eigenvalue weighted by molar-refractivity contribution is -0.000877. The fraction of sp³-hybridized carbons (Fsp3) is 1.00. The molecule has 0 amide bonds. The van der Waals surface area contributed by atoms with Gasteiger partial charge in [-0.05, 0) is 12.3 Å². The highest BCUT2D eigenvalue weighted by Crippen LogP contribution is 2.22. The van der Waals surface area contributed by atoms with Gasteiger partial charge in [-0.1, -0.05) is 26.7 Å². The molecule has 2 unspecified atom stereocenters. The van der Waals surface area contributed by atoms with Gasteiger partial charge in [-0.15, -0.1) is 0 Å². The van der Waals surface area contributed by atoms with Gasteiger partial charge in [-0.2, -0.15) is 0 Å². The Morgan fingerprint density at radius 1 is 1.12 bits per heavy atom. The van der Waals surface area contributed by atoms with Gasteiger partial charge in [0.1, 0.15) is 0 Å². The summed E-state index contributed by atoms with van der Waals surface area (Å²) in [6, 6.07) is 1.01. The number of rotatable bonds is 5. The maximum atomic E-state index is 6.42. The van der Waals surface area contributed by atoms with Crippen molar-refractivity contribution in [1.29, 1.82) is 0 Å². The molecule has 3 heteroatoms. The molecule has 2 N–H and O–H groups in total. The van der Waals surface area contributed by atoms with E-state index in [-0.39, 0.29) is 0 Å². The summed E-state index contributed by atoms with van der Waals surface area (Å²) in [5, 5.41) is 0. The molecule has 0 aromatic heterocycles. The van der Waals surface area contributed by atoms with Crippen molar-refractivity contribution in [2.24, 2.45) is 11.7 Å². The number of fused-ring (bicyclic) bond motifs is 3. The summed E-state index contributed by atoms with van der Waals surface area (Å²) < 4.78 is 0. The fourth-order valence-electron chi connectivity index (χ4n) is 3.23. The van der Waals surface area contributed by atoms with E-state index in [1.54, 1.807) is 0 Å². The summed E-state index contributed by atoms with van der Waals surface area (Å²) in [7, 11) is 0. The predicted octanol–water partition coefficient (Wildman–Crippen LogP) is 1.14. The smallest absolute Gasteiger partial charge is 0.0375 e. The molecule has 0 radical (unpaired) electrons. The van der Waals surface area contributed by atoms with Gasteiger partial charge in [-0.3, -0.25) is 9.80 Å². The minimum atomic E-state index is 0.382. The molecular formula is C13H27N3. The molecule has 2 bridgehead atoms. The van der Waals surface area contributed by atoms with Crippen molar-refractivity contribution >= 4 is 0 Å². The summed E-state index contributed by atoms with van der Waals surface area (Å²) >= 11 is 0. The first-order chi connectivity index (χ1) is 7.74. The molecule has 0 spiro atoms. The molecule has 3 saturated heterocycles. The highest BCUT2D eigenvalue weighted by atomic mass is 15.3. The molecule has 3 fully saturated rings. The molecule has 0 aromatic rings. The molecule has 0 aliphatic carbocycles. The van der Waals surface area contributed by atoms with Crippen LogP contribution < -0.4 is 5.73 Å². The Labute approximate surface area is 100.0 Å². The minimum Gasteiger partial charge on any atom is -0.326 e. The molecular weight excluding hydrogens is 198 g/mol. The Kier molecular flexibility index (Phi) is 4.22. The Bertz CT molecular complexity index is 207. The van der Waals surface area contributed by atoms with Crippen LogP contribution in [0.4, 0.5) is 0 Å². The summed E-state index contributed by atoms with van der Waals surface area (Å²) in [5.41, 5.74) is 6.42. The second-order valence-electron chi connectivity index (χ2n) is 5.49. The van der Waals surface area contributed by atoms with E-state index in [2.05, 4.69) is 23.6 Å². The van der Waals surface area contributed by atoms with Crippen LogP contribution in [-0.4, -0.2) is 54.6 Å². The highest BCUT2D eigenvalue weighted by molar-refractivity contribution is 4.94. The Morgan fingerprint density at radius 3 is 2.19 bits per heavy atom. The van der Waals surface area contributed by atoms with E-state index in [4.69, 9.17) is 5.73 Å². The van der Waals surface area contributed by atoms with E-state index in [0.29, 0.717) is 12.1 Å². The zero-order chi connectivity index (χ0) is 11.5. The van der Waals surface area contributed by atoms with Crippen molar-refractivity contribution in [3.8, 4) is 0 Å². The maximum Gasteiger partial charge on any atom is 0.0375 e. The van der Waals surface area contributed by atoms with Gasteiger partial charge in [0.2, 0.25) is 0 Å². The fourth-order valence-corrected chi connectivity index (χ4v) is 3.23. The van der Waals surface area contributed by atoms with Crippen molar-refractivity contribution in [2.45, 2.75) is 45.2 Å². The Balaban J connectivity index is 1.87. The minimum absolute atomic E-state index is 0.382. The summed E-state index contributed by atoms with van der Waals surface area (Å²) in [6.07, 6.45) is 3.77. The highest BCUT2D eigenvalue weighted by Gasteiger charge is 2.35. The van der Waals surface area contributed by atoms with Crippen LogP contribution in [0.25, 0.3) is 0 Å². The summed E-state index contributed by atoms with van der Waals surface area (Å²) in [5.74, 6) is 0.826. The summed E-state index contributed by atoms with van der Waals surface area (Å²) in [6.45, 7) is 10.8. The third kappa shape index (κ3) is 2.58. The second kappa shape index (κ2) is 5.48. The van der Waals surface area contributed by atoms with Gasteiger partial charge in [-0.25, -0.2) is 0 Å². The molecule has 3 aliphatic rings. The first-order valence-corrected chi connectivity index (χ1v) is 6.96. The van der Waals surface area contributed by atoms with Gasteiger partial charge < -0.3 is 5.73 Å². The number of hydrogen-bond acceptors (Lipinski definition) is 3. The Morgan fingerprint density at radius 2 is 1.75 bits per heavy atom. The average molecular weight is 225 g/mol. The molecule has 0 saturated carbocycles. The lowest BCUT2D eigenvalue weighted by atomic mass is 9.89. The maximum absolute atomic E-state index is 6.42. The van der Waals surface area contributed by atoms with Crippen LogP contribution in [0, 0.1) is 5.92 Å². The second-order valence-corrected chi connectivity index (χ2v) is 5.49. The van der Waals surface area contributed by atoms with E-state index in [9.17, 15) is 0 Å². The molecule has 3 aliphatic heterocycles. The first kappa shape index (κ1) is 12.3. The standard InChI is InChI=1S/C13H27N3/c1-3-11(4-2)9-12(14)13-10-15-5-7-16(13)8-6-15/h11-13H,3-10,14H2,1-2H3. The lowest BCUT2D eigenvalue weighted by Gasteiger charge is -2.49. The zero-order valence-corrected chi connectivity index (χ0v) is 10.9. The monoisotopic (exact) mass is 225 g/mol. The molecule has 2 atom stereocenters. The predicted molar refractivity (Wildman–Crippen MR) is 68.5 cm³/mol. The van der Waals surface area contributed by atoms with Gasteiger partial charge >= 0.3 is 0 Å². The molecule has 3 nitrogen and oxygen atoms in total. The molecule has 16 heavy (non-hydrogen) atoms. The number of hydrogen-bond donors (Lipinski definition) is 1. The van der Waals surface area contributed by atoms with E-state index in [1.165, 1.54) is 52.0 Å². The lowest BCUT2D eigenvalue weighted by Crippen LogP contribution is -2.65. The van der Waals surface area contributed by atoms with Crippen LogP contribution in [0.2, 0.25) is 0 Å². The van der Waals surface area contributed by atoms with Crippen molar-refractivity contribution in [2.75, 3.05) is 32.7 Å². The van der Waals surface area contributed by atoms with Crippen molar-refractivity contribution in [3.05, 3.63) is 0 Å². The average Bonchev–Trinajstić information content (AvgIpc) is 2.37. The van der Waals surface area contributed by atoms with E-state index in [1.807, 2.05) is 0 Å². The third-order valence-corrected chi connectivity index (χ3v) is 4.58. The molecule has 94 valence electrons. The van der Waals surface area contributed by atoms with Crippen LogP contribution in [0.15, 0.2) is 0 Å². The molecule has 0 aromatic carbocycles. The largest absolute Gasteiger partial charge is 0.326 e. The first-order valence-electron chi connectivity index (χ1n) is 6.96. The number of piperazine rings is 3. The van der Waals surface area contributed by atoms with Gasteiger partial charge in [0.05, 0.1) is 0 Å². The quantitative estimate of drug-likeness (QED) is 0.761. The number of nitrogens with two attached hydrogens (primary N) is 1. The topological polar surface area (TPSA) is 32.5 Å². The Hall–Kier alpha value is -0.120. The van der Waals surface area contributed by atoms with Crippen molar-refractivity contribution in [1.82, 2.24) is 9.80 Å². The van der Waals surface area contributed by atoms with Crippen LogP contribution >= 0.6 is 0 Å². The molecule has 3 heterocycles. The summed E-state index contributed by atoms with van der Waals surface area (Å²) in [4.78, 5) is 5.20. The van der Waals surface area contributed by atoms with E-state index >= 15 is 0 Å². The van der Waals surface area contributed by atoms with Crippen LogP contribution in [0.5, 0.6) is 0 Å². The van der Waals surface area contributed by atoms with E-state index in [0.717, 1.165) is 5.92 Å². The van der Waals surface area contributed by atoms with Crippen LogP contribution in [0.3, 0.4) is 0 Å². The number of nitrogens with zero attached hydrogens (tertiary/aromatic N) is 2. The third-order valence-electron chi connectivity index (χ3n) is 4.58. The van der Waals surface area contributed by atoms with Crippen LogP contribution in [0.1, 0.15) is 33.1 Å². The van der Waals surface area contributed by atoms with Gasteiger partial charge in [0.15, 0.2) is 0 Å². The zero-order valence-electron chi connectivity index (χ0n) is 10.9. The van der Waals surface area contributed by atoms with Gasteiger partial charge in [0, 0.05) is 44.8 Å². The molecule has 3 rings (SSSR count). The van der Waals surface area contributed by atoms with Gasteiger partial charge in [0.25, 0.3) is 0 Å². The van der Waals surface area contributed by atoms with Crippen molar-refractivity contribution in [3.63, 3.8) is 0 Å². The van der Waals surface area contributed by atoms with E-state index < -0.39 is 0 Å². The normalized spacial score (nSPS) is 35.6.